The molecule has 0 saturated carbocycles. The first kappa shape index (κ1) is 14.3. The molecule has 0 spiro atoms. The van der Waals surface area contributed by atoms with E-state index >= 15 is 0 Å². The summed E-state index contributed by atoms with van der Waals surface area (Å²) in [6.07, 6.45) is 1.67. The van der Waals surface area contributed by atoms with Crippen LogP contribution in [0.5, 0.6) is 0 Å². The molecule has 1 fully saturated rings. The molecule has 0 radical (unpaired) electrons. The summed E-state index contributed by atoms with van der Waals surface area (Å²) in [5.74, 6) is 0.537. The van der Waals surface area contributed by atoms with E-state index in [1.807, 2.05) is 12.1 Å². The Morgan fingerprint density at radius 3 is 3.00 bits per heavy atom. The smallest absolute Gasteiger partial charge is 0.224 e. The summed E-state index contributed by atoms with van der Waals surface area (Å²) in [7, 11) is 0. The Morgan fingerprint density at radius 1 is 1.53 bits per heavy atom. The van der Waals surface area contributed by atoms with Crippen LogP contribution in [0.15, 0.2) is 24.3 Å². The van der Waals surface area contributed by atoms with E-state index in [9.17, 15) is 4.79 Å². The predicted octanol–water partition coefficient (Wildman–Crippen LogP) is 2.70. The lowest BCUT2D eigenvalue weighted by atomic mass is 10.0. The van der Waals surface area contributed by atoms with Crippen molar-refractivity contribution >= 4 is 35.6 Å². The van der Waals surface area contributed by atoms with Gasteiger partial charge in [0.2, 0.25) is 5.91 Å². The Hall–Kier alpha value is -0.770. The van der Waals surface area contributed by atoms with Crippen molar-refractivity contribution in [3.63, 3.8) is 0 Å². The number of hydrogen-bond donors (Lipinski definition) is 2. The molecular formula is C12H16Cl2N2O. The van der Waals surface area contributed by atoms with Crippen molar-refractivity contribution in [3.8, 4) is 0 Å². The molecule has 1 unspecified atom stereocenters. The monoisotopic (exact) mass is 274 g/mol. The number of halogens is 2. The molecule has 1 aliphatic rings. The van der Waals surface area contributed by atoms with E-state index in [1.165, 1.54) is 0 Å². The summed E-state index contributed by atoms with van der Waals surface area (Å²) < 4.78 is 0. The van der Waals surface area contributed by atoms with Gasteiger partial charge in [-0.25, -0.2) is 0 Å². The van der Waals surface area contributed by atoms with Gasteiger partial charge in [-0.05, 0) is 43.6 Å². The molecule has 94 valence electrons. The highest BCUT2D eigenvalue weighted by Gasteiger charge is 2.17. The number of anilines is 1. The first-order valence-electron chi connectivity index (χ1n) is 5.50. The Bertz CT molecular complexity index is 379. The van der Waals surface area contributed by atoms with Crippen molar-refractivity contribution in [2.24, 2.45) is 5.92 Å². The number of rotatable bonds is 3. The van der Waals surface area contributed by atoms with E-state index in [-0.39, 0.29) is 18.3 Å². The van der Waals surface area contributed by atoms with Gasteiger partial charge in [-0.15, -0.1) is 12.4 Å². The van der Waals surface area contributed by atoms with E-state index in [4.69, 9.17) is 11.6 Å². The minimum atomic E-state index is 0. The van der Waals surface area contributed by atoms with E-state index in [1.54, 1.807) is 12.1 Å². The third kappa shape index (κ3) is 4.54. The molecule has 1 aromatic carbocycles. The highest BCUT2D eigenvalue weighted by Crippen LogP contribution is 2.17. The predicted molar refractivity (Wildman–Crippen MR) is 72.9 cm³/mol. The largest absolute Gasteiger partial charge is 0.326 e. The van der Waals surface area contributed by atoms with Gasteiger partial charge in [-0.3, -0.25) is 4.79 Å². The quantitative estimate of drug-likeness (QED) is 0.890. The van der Waals surface area contributed by atoms with Crippen molar-refractivity contribution < 1.29 is 4.79 Å². The summed E-state index contributed by atoms with van der Waals surface area (Å²) >= 11 is 5.84. The second kappa shape index (κ2) is 6.84. The zero-order valence-electron chi connectivity index (χ0n) is 9.41. The molecule has 2 N–H and O–H groups in total. The Kier molecular flexibility index (Phi) is 5.75. The number of benzene rings is 1. The average Bonchev–Trinajstić information content (AvgIpc) is 2.70. The molecule has 1 heterocycles. The van der Waals surface area contributed by atoms with Gasteiger partial charge in [0, 0.05) is 17.1 Å². The van der Waals surface area contributed by atoms with Gasteiger partial charge < -0.3 is 10.6 Å². The van der Waals surface area contributed by atoms with Crippen LogP contribution in [0.25, 0.3) is 0 Å². The van der Waals surface area contributed by atoms with Crippen LogP contribution in [0.4, 0.5) is 5.69 Å². The van der Waals surface area contributed by atoms with Crippen LogP contribution in [-0.4, -0.2) is 19.0 Å². The van der Waals surface area contributed by atoms with Crippen LogP contribution < -0.4 is 10.6 Å². The molecule has 1 aliphatic heterocycles. The van der Waals surface area contributed by atoms with Crippen LogP contribution in [0, 0.1) is 5.92 Å². The van der Waals surface area contributed by atoms with Crippen LogP contribution in [-0.2, 0) is 4.79 Å². The molecule has 1 atom stereocenters. The second-order valence-corrected chi connectivity index (χ2v) is 4.56. The molecule has 0 bridgehead atoms. The summed E-state index contributed by atoms with van der Waals surface area (Å²) in [4.78, 5) is 11.7. The highest BCUT2D eigenvalue weighted by atomic mass is 35.5. The number of nitrogens with one attached hydrogen (secondary N) is 2. The molecule has 1 amide bonds. The lowest BCUT2D eigenvalue weighted by Crippen LogP contribution is -2.18. The summed E-state index contributed by atoms with van der Waals surface area (Å²) in [6.45, 7) is 1.97. The molecule has 1 saturated heterocycles. The maximum absolute atomic E-state index is 11.7. The third-order valence-corrected chi connectivity index (χ3v) is 2.98. The fourth-order valence-electron chi connectivity index (χ4n) is 1.93. The van der Waals surface area contributed by atoms with Gasteiger partial charge in [0.25, 0.3) is 0 Å². The molecule has 0 aliphatic carbocycles. The number of carbonyl (C=O) groups excluding carboxylic acids is 1. The van der Waals surface area contributed by atoms with Gasteiger partial charge in [0.15, 0.2) is 0 Å². The molecular weight excluding hydrogens is 259 g/mol. The summed E-state index contributed by atoms with van der Waals surface area (Å²) in [6, 6.07) is 7.22. The van der Waals surface area contributed by atoms with Crippen molar-refractivity contribution in [2.75, 3.05) is 18.4 Å². The molecule has 1 aromatic rings. The van der Waals surface area contributed by atoms with Crippen LogP contribution in [0.3, 0.4) is 0 Å². The molecule has 17 heavy (non-hydrogen) atoms. The molecule has 2 rings (SSSR count). The number of hydrogen-bond acceptors (Lipinski definition) is 2. The topological polar surface area (TPSA) is 41.1 Å². The molecule has 0 aromatic heterocycles. The highest BCUT2D eigenvalue weighted by molar-refractivity contribution is 6.30. The zero-order valence-corrected chi connectivity index (χ0v) is 11.0. The first-order valence-corrected chi connectivity index (χ1v) is 5.88. The molecule has 5 heteroatoms. The second-order valence-electron chi connectivity index (χ2n) is 4.12. The first-order chi connectivity index (χ1) is 7.74. The van der Waals surface area contributed by atoms with Crippen LogP contribution in [0.2, 0.25) is 5.02 Å². The van der Waals surface area contributed by atoms with E-state index in [0.717, 1.165) is 25.2 Å². The third-order valence-electron chi connectivity index (χ3n) is 2.74. The number of carbonyl (C=O) groups is 1. The van der Waals surface area contributed by atoms with Gasteiger partial charge in [-0.1, -0.05) is 17.7 Å². The lowest BCUT2D eigenvalue weighted by Gasteiger charge is -2.09. The van der Waals surface area contributed by atoms with Gasteiger partial charge >= 0.3 is 0 Å². The van der Waals surface area contributed by atoms with Gasteiger partial charge in [-0.2, -0.15) is 0 Å². The van der Waals surface area contributed by atoms with Gasteiger partial charge in [0.1, 0.15) is 0 Å². The Labute approximate surface area is 112 Å². The maximum atomic E-state index is 11.7. The van der Waals surface area contributed by atoms with Crippen molar-refractivity contribution in [2.45, 2.75) is 12.8 Å². The summed E-state index contributed by atoms with van der Waals surface area (Å²) in [5, 5.41) is 6.75. The average molecular weight is 275 g/mol. The fourth-order valence-corrected chi connectivity index (χ4v) is 2.12. The lowest BCUT2D eigenvalue weighted by molar-refractivity contribution is -0.116. The minimum Gasteiger partial charge on any atom is -0.326 e. The van der Waals surface area contributed by atoms with Crippen LogP contribution in [0.1, 0.15) is 12.8 Å². The summed E-state index contributed by atoms with van der Waals surface area (Å²) in [5.41, 5.74) is 0.767. The Balaban J connectivity index is 0.00000144. The minimum absolute atomic E-state index is 0. The fraction of sp³-hybridized carbons (Fsp3) is 0.417. The van der Waals surface area contributed by atoms with Crippen molar-refractivity contribution in [3.05, 3.63) is 29.3 Å². The Morgan fingerprint density at radius 2 is 2.35 bits per heavy atom. The normalized spacial score (nSPS) is 18.5. The maximum Gasteiger partial charge on any atom is 0.224 e. The molecule has 3 nitrogen and oxygen atoms in total. The van der Waals surface area contributed by atoms with Crippen molar-refractivity contribution in [1.29, 1.82) is 0 Å². The van der Waals surface area contributed by atoms with E-state index in [0.29, 0.717) is 17.4 Å². The zero-order chi connectivity index (χ0) is 11.4. The van der Waals surface area contributed by atoms with E-state index in [2.05, 4.69) is 10.6 Å². The van der Waals surface area contributed by atoms with E-state index < -0.39 is 0 Å². The van der Waals surface area contributed by atoms with Gasteiger partial charge in [0.05, 0.1) is 0 Å². The van der Waals surface area contributed by atoms with Crippen LogP contribution >= 0.6 is 24.0 Å². The number of amides is 1. The van der Waals surface area contributed by atoms with Crippen molar-refractivity contribution in [1.82, 2.24) is 5.32 Å². The SMILES string of the molecule is Cl.O=C(CC1CCNC1)Nc1cccc(Cl)c1. The standard InChI is InChI=1S/C12H15ClN2O.ClH/c13-10-2-1-3-11(7-10)15-12(16)6-9-4-5-14-8-9;/h1-3,7,9,14H,4-6,8H2,(H,15,16);1H.